The smallest absolute Gasteiger partial charge is 0.125 e. The van der Waals surface area contributed by atoms with Crippen LogP contribution < -0.4 is 9.47 Å². The van der Waals surface area contributed by atoms with E-state index >= 15 is 0 Å². The highest BCUT2D eigenvalue weighted by Gasteiger charge is 2.25. The molecule has 3 nitrogen and oxygen atoms in total. The van der Waals surface area contributed by atoms with E-state index in [4.69, 9.17) is 9.47 Å². The molecule has 0 saturated carbocycles. The van der Waals surface area contributed by atoms with E-state index in [1.165, 1.54) is 11.1 Å². The summed E-state index contributed by atoms with van der Waals surface area (Å²) in [5, 5.41) is 0. The monoisotopic (exact) mass is 338 g/mol. The molecule has 2 aromatic carbocycles. The van der Waals surface area contributed by atoms with Gasteiger partial charge in [-0.15, -0.1) is 0 Å². The highest BCUT2D eigenvalue weighted by molar-refractivity contribution is 5.41. The molecule has 0 spiro atoms. The summed E-state index contributed by atoms with van der Waals surface area (Å²) in [6, 6.07) is 17.4. The lowest BCUT2D eigenvalue weighted by Gasteiger charge is -2.37. The molecule has 0 aliphatic carbocycles. The van der Waals surface area contributed by atoms with Crippen molar-refractivity contribution in [1.82, 2.24) is 4.90 Å². The normalized spacial score (nSPS) is 19.4. The molecule has 1 fully saturated rings. The fraction of sp³-hybridized carbons (Fsp3) is 0.409. The Balaban J connectivity index is 1.68. The van der Waals surface area contributed by atoms with Crippen LogP contribution in [-0.4, -0.2) is 32.2 Å². The molecule has 1 aliphatic rings. The quantitative estimate of drug-likeness (QED) is 0.772. The second kappa shape index (κ2) is 8.39. The molecule has 2 aromatic rings. The lowest BCUT2D eigenvalue weighted by atomic mass is 9.89. The molecule has 25 heavy (non-hydrogen) atoms. The first-order valence-corrected chi connectivity index (χ1v) is 9.04. The van der Waals surface area contributed by atoms with Crippen molar-refractivity contribution in [3.05, 3.63) is 66.1 Å². The molecule has 1 saturated heterocycles. The van der Waals surface area contributed by atoms with Crippen LogP contribution in [0.15, 0.2) is 48.5 Å². The number of ether oxygens (including phenoxy) is 2. The fourth-order valence-corrected chi connectivity index (χ4v) is 3.69. The van der Waals surface area contributed by atoms with E-state index in [0.29, 0.717) is 12.0 Å². The number of methoxy groups -OCH3 is 2. The Morgan fingerprint density at radius 1 is 1.08 bits per heavy atom. The number of hydrogen-bond donors (Lipinski definition) is 0. The molecule has 1 unspecified atom stereocenters. The van der Waals surface area contributed by atoms with Gasteiger partial charge in [0.05, 0.1) is 14.2 Å². The van der Waals surface area contributed by atoms with Gasteiger partial charge < -0.3 is 9.47 Å². The lowest BCUT2D eigenvalue weighted by molar-refractivity contribution is 0.159. The molecule has 0 N–H and O–H groups in total. The average Bonchev–Trinajstić information content (AvgIpc) is 2.68. The van der Waals surface area contributed by atoms with Crippen molar-refractivity contribution in [1.29, 1.82) is 0 Å². The SMILES string of the molecule is COc1ccc(C[C@H]2[CH]CCN(C(C)c3ccccc3)C2)c(OC)c1. The second-order valence-corrected chi connectivity index (χ2v) is 6.75. The molecule has 3 rings (SSSR count). The molecular formula is C22H28NO2. The molecule has 0 aromatic heterocycles. The van der Waals surface area contributed by atoms with Crippen LogP contribution in [0.1, 0.15) is 30.5 Å². The van der Waals surface area contributed by atoms with E-state index in [2.05, 4.69) is 54.6 Å². The van der Waals surface area contributed by atoms with E-state index in [0.717, 1.165) is 37.4 Å². The maximum atomic E-state index is 5.57. The van der Waals surface area contributed by atoms with Crippen LogP contribution in [0, 0.1) is 12.3 Å². The molecule has 3 heteroatoms. The van der Waals surface area contributed by atoms with E-state index in [-0.39, 0.29) is 0 Å². The fourth-order valence-electron chi connectivity index (χ4n) is 3.69. The summed E-state index contributed by atoms with van der Waals surface area (Å²) in [5.74, 6) is 2.30. The molecule has 1 heterocycles. The van der Waals surface area contributed by atoms with Gasteiger partial charge in [-0.1, -0.05) is 36.4 Å². The van der Waals surface area contributed by atoms with Crippen molar-refractivity contribution in [2.75, 3.05) is 27.3 Å². The number of hydrogen-bond acceptors (Lipinski definition) is 3. The van der Waals surface area contributed by atoms with Gasteiger partial charge in [0, 0.05) is 18.7 Å². The molecule has 0 amide bonds. The minimum atomic E-state index is 0.454. The van der Waals surface area contributed by atoms with Crippen LogP contribution in [0.25, 0.3) is 0 Å². The van der Waals surface area contributed by atoms with Crippen molar-refractivity contribution < 1.29 is 9.47 Å². The zero-order valence-corrected chi connectivity index (χ0v) is 15.4. The Kier molecular flexibility index (Phi) is 5.98. The third-order valence-electron chi connectivity index (χ3n) is 5.19. The summed E-state index contributed by atoms with van der Waals surface area (Å²) in [6.07, 6.45) is 4.61. The Hall–Kier alpha value is -2.00. The highest BCUT2D eigenvalue weighted by Crippen LogP contribution is 2.31. The van der Waals surface area contributed by atoms with Gasteiger partial charge in [-0.25, -0.2) is 0 Å². The first-order valence-electron chi connectivity index (χ1n) is 9.04. The number of benzene rings is 2. The molecule has 1 aliphatic heterocycles. The van der Waals surface area contributed by atoms with Gasteiger partial charge >= 0.3 is 0 Å². The van der Waals surface area contributed by atoms with Gasteiger partial charge in [0.25, 0.3) is 0 Å². The largest absolute Gasteiger partial charge is 0.497 e. The molecule has 0 bridgehead atoms. The van der Waals surface area contributed by atoms with E-state index in [1.807, 2.05) is 12.1 Å². The maximum absolute atomic E-state index is 5.57. The Morgan fingerprint density at radius 3 is 2.60 bits per heavy atom. The third-order valence-corrected chi connectivity index (χ3v) is 5.19. The minimum absolute atomic E-state index is 0.454. The van der Waals surface area contributed by atoms with Crippen molar-refractivity contribution in [3.8, 4) is 11.5 Å². The molecular weight excluding hydrogens is 310 g/mol. The third kappa shape index (κ3) is 4.35. The average molecular weight is 338 g/mol. The minimum Gasteiger partial charge on any atom is -0.497 e. The summed E-state index contributed by atoms with van der Waals surface area (Å²) in [4.78, 5) is 2.59. The van der Waals surface area contributed by atoms with Crippen LogP contribution in [0.4, 0.5) is 0 Å². The molecule has 2 atom stereocenters. The Bertz CT molecular complexity index is 671. The predicted octanol–water partition coefficient (Wildman–Crippen LogP) is 4.53. The van der Waals surface area contributed by atoms with Crippen LogP contribution in [0.3, 0.4) is 0 Å². The van der Waals surface area contributed by atoms with E-state index in [1.54, 1.807) is 14.2 Å². The second-order valence-electron chi connectivity index (χ2n) is 6.75. The first-order chi connectivity index (χ1) is 12.2. The van der Waals surface area contributed by atoms with Crippen molar-refractivity contribution in [3.63, 3.8) is 0 Å². The van der Waals surface area contributed by atoms with Gasteiger partial charge in [-0.05, 0) is 55.8 Å². The van der Waals surface area contributed by atoms with E-state index < -0.39 is 0 Å². The molecule has 133 valence electrons. The topological polar surface area (TPSA) is 21.7 Å². The predicted molar refractivity (Wildman–Crippen MR) is 102 cm³/mol. The van der Waals surface area contributed by atoms with Gasteiger partial charge in [0.1, 0.15) is 11.5 Å². The maximum Gasteiger partial charge on any atom is 0.125 e. The number of piperidine rings is 1. The highest BCUT2D eigenvalue weighted by atomic mass is 16.5. The van der Waals surface area contributed by atoms with Gasteiger partial charge in [-0.3, -0.25) is 4.90 Å². The van der Waals surface area contributed by atoms with Crippen LogP contribution in [-0.2, 0) is 6.42 Å². The van der Waals surface area contributed by atoms with Crippen molar-refractivity contribution in [2.24, 2.45) is 5.92 Å². The summed E-state index contributed by atoms with van der Waals surface area (Å²) < 4.78 is 10.9. The van der Waals surface area contributed by atoms with Gasteiger partial charge in [-0.2, -0.15) is 0 Å². The lowest BCUT2D eigenvalue weighted by Crippen LogP contribution is -2.38. The van der Waals surface area contributed by atoms with Gasteiger partial charge in [0.2, 0.25) is 0 Å². The number of likely N-dealkylation sites (tertiary alicyclic amines) is 1. The zero-order valence-electron chi connectivity index (χ0n) is 15.4. The van der Waals surface area contributed by atoms with Crippen molar-refractivity contribution >= 4 is 0 Å². The summed E-state index contributed by atoms with van der Waals surface area (Å²) in [6.45, 7) is 4.53. The Labute approximate surface area is 151 Å². The zero-order chi connectivity index (χ0) is 17.6. The first kappa shape index (κ1) is 17.8. The Morgan fingerprint density at radius 2 is 1.88 bits per heavy atom. The summed E-state index contributed by atoms with van der Waals surface area (Å²) in [5.41, 5.74) is 2.64. The van der Waals surface area contributed by atoms with Crippen LogP contribution >= 0.6 is 0 Å². The molecule has 1 radical (unpaired) electrons. The van der Waals surface area contributed by atoms with Crippen LogP contribution in [0.2, 0.25) is 0 Å². The van der Waals surface area contributed by atoms with Gasteiger partial charge in [0.15, 0.2) is 0 Å². The van der Waals surface area contributed by atoms with E-state index in [9.17, 15) is 0 Å². The number of rotatable bonds is 6. The number of nitrogens with zero attached hydrogens (tertiary/aromatic N) is 1. The summed E-state index contributed by atoms with van der Waals surface area (Å²) in [7, 11) is 3.42. The van der Waals surface area contributed by atoms with Crippen LogP contribution in [0.5, 0.6) is 11.5 Å². The summed E-state index contributed by atoms with van der Waals surface area (Å²) >= 11 is 0. The van der Waals surface area contributed by atoms with Crippen molar-refractivity contribution in [2.45, 2.75) is 25.8 Å². The standard InChI is InChI=1S/C22H28NO2/c1-17(19-9-5-4-6-10-19)23-13-7-8-18(16-23)14-20-11-12-21(24-2)15-22(20)25-3/h4-6,8-12,15,17-18H,7,13-14,16H2,1-3H3/t17?,18-/m1/s1.